The fourth-order valence-corrected chi connectivity index (χ4v) is 4.83. The molecule has 1 aromatic heterocycles. The molecule has 2 heterocycles. The maximum absolute atomic E-state index is 12.2. The first kappa shape index (κ1) is 23.4. The third-order valence-electron chi connectivity index (χ3n) is 4.95. The highest BCUT2D eigenvalue weighted by molar-refractivity contribution is 7.89. The molecule has 3 rings (SSSR count). The van der Waals surface area contributed by atoms with E-state index in [9.17, 15) is 13.2 Å². The molecule has 168 valence electrons. The summed E-state index contributed by atoms with van der Waals surface area (Å²) < 4.78 is 26.9. The summed E-state index contributed by atoms with van der Waals surface area (Å²) in [4.78, 5) is 25.1. The molecule has 1 aliphatic heterocycles. The van der Waals surface area contributed by atoms with E-state index >= 15 is 0 Å². The lowest BCUT2D eigenvalue weighted by molar-refractivity contribution is -0.120. The van der Waals surface area contributed by atoms with Crippen LogP contribution in [0.3, 0.4) is 0 Å². The third-order valence-corrected chi connectivity index (χ3v) is 6.91. The molecule has 1 fully saturated rings. The average Bonchev–Trinajstić information content (AvgIpc) is 2.78. The number of nitrogens with one attached hydrogen (secondary N) is 2. The van der Waals surface area contributed by atoms with E-state index < -0.39 is 10.0 Å². The third kappa shape index (κ3) is 7.13. The van der Waals surface area contributed by atoms with Crippen LogP contribution in [-0.4, -0.2) is 75.0 Å². The van der Waals surface area contributed by atoms with Gasteiger partial charge in [0.1, 0.15) is 4.90 Å². The van der Waals surface area contributed by atoms with Gasteiger partial charge in [-0.15, -0.1) is 0 Å². The second-order valence-corrected chi connectivity index (χ2v) is 9.30. The van der Waals surface area contributed by atoms with Crippen molar-refractivity contribution in [2.75, 3.05) is 50.7 Å². The molecule has 0 aliphatic carbocycles. The minimum atomic E-state index is -3.73. The summed E-state index contributed by atoms with van der Waals surface area (Å²) in [7, 11) is -3.73. The van der Waals surface area contributed by atoms with Crippen LogP contribution in [0.15, 0.2) is 47.6 Å². The van der Waals surface area contributed by atoms with Crippen LogP contribution in [0.4, 0.5) is 5.95 Å². The molecular weight excluding hydrogens is 440 g/mol. The van der Waals surface area contributed by atoms with Gasteiger partial charge >= 0.3 is 0 Å². The van der Waals surface area contributed by atoms with Crippen molar-refractivity contribution in [2.24, 2.45) is 0 Å². The first-order valence-electron chi connectivity index (χ1n) is 10.2. The molecule has 1 aromatic carbocycles. The number of sulfonamides is 1. The number of benzene rings is 1. The summed E-state index contributed by atoms with van der Waals surface area (Å²) in [5.74, 6) is 0.576. The Kier molecular flexibility index (Phi) is 8.59. The molecule has 2 N–H and O–H groups in total. The van der Waals surface area contributed by atoms with E-state index in [1.165, 1.54) is 12.1 Å². The van der Waals surface area contributed by atoms with Crippen LogP contribution in [0.1, 0.15) is 12.8 Å². The number of carbonyl (C=O) groups excluding carboxylic acids is 1. The van der Waals surface area contributed by atoms with Crippen molar-refractivity contribution in [1.29, 1.82) is 0 Å². The topological polar surface area (TPSA) is 108 Å². The molecule has 31 heavy (non-hydrogen) atoms. The second kappa shape index (κ2) is 11.4. The monoisotopic (exact) mass is 466 g/mol. The van der Waals surface area contributed by atoms with Crippen LogP contribution in [0.2, 0.25) is 5.02 Å². The predicted molar refractivity (Wildman–Crippen MR) is 120 cm³/mol. The zero-order chi connectivity index (χ0) is 22.1. The SMILES string of the molecule is O=C(CCNS(=O)(=O)c1ccccc1Cl)NCCCN1CCN(c2ncccn2)CC1. The standard InChI is InChI=1S/C20H27ClN6O3S/c21-17-5-1-2-6-18(17)31(29,30)25-11-7-19(28)22-10-4-12-26-13-15-27(16-14-26)20-23-8-3-9-24-20/h1-3,5-6,8-9,25H,4,7,10-16H2,(H,22,28). The van der Waals surface area contributed by atoms with Crippen LogP contribution in [-0.2, 0) is 14.8 Å². The Balaban J connectivity index is 1.28. The highest BCUT2D eigenvalue weighted by Crippen LogP contribution is 2.19. The molecule has 1 saturated heterocycles. The van der Waals surface area contributed by atoms with Crippen molar-refractivity contribution < 1.29 is 13.2 Å². The van der Waals surface area contributed by atoms with Gasteiger partial charge in [0.2, 0.25) is 21.9 Å². The summed E-state index contributed by atoms with van der Waals surface area (Å²) >= 11 is 5.93. The van der Waals surface area contributed by atoms with E-state index in [-0.39, 0.29) is 28.8 Å². The molecule has 0 radical (unpaired) electrons. The van der Waals surface area contributed by atoms with E-state index in [1.807, 2.05) is 6.07 Å². The van der Waals surface area contributed by atoms with E-state index in [0.717, 1.165) is 45.1 Å². The van der Waals surface area contributed by atoms with Gasteiger partial charge in [-0.1, -0.05) is 23.7 Å². The van der Waals surface area contributed by atoms with Gasteiger partial charge in [0.15, 0.2) is 0 Å². The van der Waals surface area contributed by atoms with Crippen LogP contribution in [0, 0.1) is 0 Å². The van der Waals surface area contributed by atoms with Gasteiger partial charge in [0, 0.05) is 58.1 Å². The number of amides is 1. The fourth-order valence-electron chi connectivity index (χ4n) is 3.28. The molecule has 0 spiro atoms. The van der Waals surface area contributed by atoms with Crippen molar-refractivity contribution in [2.45, 2.75) is 17.7 Å². The highest BCUT2D eigenvalue weighted by Gasteiger charge is 2.19. The number of rotatable bonds is 10. The van der Waals surface area contributed by atoms with Crippen molar-refractivity contribution in [1.82, 2.24) is 24.9 Å². The van der Waals surface area contributed by atoms with Gasteiger partial charge in [-0.2, -0.15) is 0 Å². The molecule has 2 aromatic rings. The Morgan fingerprint density at radius 2 is 1.74 bits per heavy atom. The Morgan fingerprint density at radius 3 is 2.45 bits per heavy atom. The lowest BCUT2D eigenvalue weighted by Gasteiger charge is -2.34. The van der Waals surface area contributed by atoms with E-state index in [1.54, 1.807) is 24.5 Å². The summed E-state index contributed by atoms with van der Waals surface area (Å²) in [6.45, 7) is 5.07. The van der Waals surface area contributed by atoms with Crippen LogP contribution in [0.5, 0.6) is 0 Å². The van der Waals surface area contributed by atoms with Crippen molar-refractivity contribution in [3.05, 3.63) is 47.7 Å². The van der Waals surface area contributed by atoms with Gasteiger partial charge < -0.3 is 10.2 Å². The maximum atomic E-state index is 12.2. The van der Waals surface area contributed by atoms with Crippen molar-refractivity contribution in [3.8, 4) is 0 Å². The summed E-state index contributed by atoms with van der Waals surface area (Å²) in [6, 6.07) is 8.01. The van der Waals surface area contributed by atoms with Crippen LogP contribution >= 0.6 is 11.6 Å². The average molecular weight is 467 g/mol. The lowest BCUT2D eigenvalue weighted by atomic mass is 10.3. The zero-order valence-corrected chi connectivity index (χ0v) is 18.8. The number of hydrogen-bond acceptors (Lipinski definition) is 7. The number of piperazine rings is 1. The molecule has 0 saturated carbocycles. The Hall–Kier alpha value is -2.27. The highest BCUT2D eigenvalue weighted by atomic mass is 35.5. The number of carbonyl (C=O) groups is 1. The zero-order valence-electron chi connectivity index (χ0n) is 17.2. The maximum Gasteiger partial charge on any atom is 0.242 e. The number of anilines is 1. The first-order valence-corrected chi connectivity index (χ1v) is 12.1. The lowest BCUT2D eigenvalue weighted by Crippen LogP contribution is -2.47. The Labute approximate surface area is 187 Å². The molecule has 11 heteroatoms. The largest absolute Gasteiger partial charge is 0.356 e. The number of nitrogens with zero attached hydrogens (tertiary/aromatic N) is 4. The summed E-state index contributed by atoms with van der Waals surface area (Å²) in [5, 5.41) is 2.99. The van der Waals surface area contributed by atoms with Crippen LogP contribution in [0.25, 0.3) is 0 Å². The number of halogens is 1. The van der Waals surface area contributed by atoms with Gasteiger partial charge in [0.05, 0.1) is 5.02 Å². The second-order valence-electron chi connectivity index (χ2n) is 7.16. The predicted octanol–water partition coefficient (Wildman–Crippen LogP) is 1.13. The van der Waals surface area contributed by atoms with E-state index in [2.05, 4.69) is 29.8 Å². The van der Waals surface area contributed by atoms with Gasteiger partial charge in [-0.05, 0) is 31.2 Å². The normalized spacial score (nSPS) is 15.1. The summed E-state index contributed by atoms with van der Waals surface area (Å²) in [5.41, 5.74) is 0. The molecule has 9 nitrogen and oxygen atoms in total. The Morgan fingerprint density at radius 1 is 1.03 bits per heavy atom. The quantitative estimate of drug-likeness (QED) is 0.505. The molecular formula is C20H27ClN6O3S. The number of aromatic nitrogens is 2. The molecule has 0 unspecified atom stereocenters. The smallest absolute Gasteiger partial charge is 0.242 e. The van der Waals surface area contributed by atoms with Crippen molar-refractivity contribution in [3.63, 3.8) is 0 Å². The van der Waals surface area contributed by atoms with E-state index in [0.29, 0.717) is 6.54 Å². The van der Waals surface area contributed by atoms with E-state index in [4.69, 9.17) is 11.6 Å². The van der Waals surface area contributed by atoms with Gasteiger partial charge in [-0.25, -0.2) is 23.1 Å². The van der Waals surface area contributed by atoms with Crippen LogP contribution < -0.4 is 14.9 Å². The van der Waals surface area contributed by atoms with Crippen molar-refractivity contribution >= 4 is 33.5 Å². The minimum absolute atomic E-state index is 0.0102. The Bertz CT molecular complexity index is 952. The molecule has 0 bridgehead atoms. The first-order chi connectivity index (χ1) is 15.0. The number of hydrogen-bond donors (Lipinski definition) is 2. The fraction of sp³-hybridized carbons (Fsp3) is 0.450. The van der Waals surface area contributed by atoms with Gasteiger partial charge in [0.25, 0.3) is 0 Å². The minimum Gasteiger partial charge on any atom is -0.356 e. The summed E-state index contributed by atoms with van der Waals surface area (Å²) in [6.07, 6.45) is 4.40. The molecule has 1 amide bonds. The molecule has 1 aliphatic rings. The molecule has 0 atom stereocenters. The van der Waals surface area contributed by atoms with Gasteiger partial charge in [-0.3, -0.25) is 9.69 Å².